The Hall–Kier alpha value is -1.19. The van der Waals surface area contributed by atoms with E-state index in [-0.39, 0.29) is 0 Å². The summed E-state index contributed by atoms with van der Waals surface area (Å²) in [6.45, 7) is 5.38. The van der Waals surface area contributed by atoms with E-state index in [0.717, 1.165) is 6.54 Å². The second-order valence-corrected chi connectivity index (χ2v) is 6.70. The average Bonchev–Trinajstić information content (AvgIpc) is 3.15. The first-order valence-electron chi connectivity index (χ1n) is 7.50. The second-order valence-electron chi connectivity index (χ2n) is 5.64. The fourth-order valence-electron chi connectivity index (χ4n) is 2.96. The molecule has 1 fully saturated rings. The molecule has 2 nitrogen and oxygen atoms in total. The van der Waals surface area contributed by atoms with Crippen molar-refractivity contribution >= 4 is 11.3 Å². The molecular formula is C17H22N2S. The molecule has 106 valence electrons. The van der Waals surface area contributed by atoms with Crippen LogP contribution in [0.25, 0.3) is 0 Å². The molecule has 0 radical (unpaired) electrons. The van der Waals surface area contributed by atoms with Crippen LogP contribution >= 0.6 is 11.3 Å². The van der Waals surface area contributed by atoms with E-state index < -0.39 is 0 Å². The molecule has 1 heterocycles. The van der Waals surface area contributed by atoms with Gasteiger partial charge in [0.25, 0.3) is 0 Å². The predicted octanol–water partition coefficient (Wildman–Crippen LogP) is 4.30. The lowest BCUT2D eigenvalue weighted by Crippen LogP contribution is -2.24. The van der Waals surface area contributed by atoms with Crippen molar-refractivity contribution in [3.8, 4) is 0 Å². The van der Waals surface area contributed by atoms with Gasteiger partial charge < -0.3 is 5.32 Å². The maximum Gasteiger partial charge on any atom is 0.0898 e. The van der Waals surface area contributed by atoms with Gasteiger partial charge in [0.05, 0.1) is 16.7 Å². The molecule has 1 saturated carbocycles. The van der Waals surface area contributed by atoms with E-state index in [0.29, 0.717) is 17.9 Å². The van der Waals surface area contributed by atoms with Gasteiger partial charge in [-0.25, -0.2) is 4.98 Å². The Morgan fingerprint density at radius 3 is 2.80 bits per heavy atom. The van der Waals surface area contributed by atoms with Gasteiger partial charge in [-0.3, -0.25) is 0 Å². The van der Waals surface area contributed by atoms with Crippen molar-refractivity contribution in [2.24, 2.45) is 5.92 Å². The summed E-state index contributed by atoms with van der Waals surface area (Å²) in [5.74, 6) is 1.40. The monoisotopic (exact) mass is 286 g/mol. The Morgan fingerprint density at radius 1 is 1.35 bits per heavy atom. The summed E-state index contributed by atoms with van der Waals surface area (Å²) < 4.78 is 0. The molecule has 0 amide bonds. The first-order chi connectivity index (χ1) is 9.79. The smallest absolute Gasteiger partial charge is 0.0898 e. The Kier molecular flexibility index (Phi) is 4.18. The summed E-state index contributed by atoms with van der Waals surface area (Å²) in [5.41, 5.74) is 2.72. The zero-order chi connectivity index (χ0) is 13.9. The third-order valence-corrected chi connectivity index (χ3v) is 4.86. The lowest BCUT2D eigenvalue weighted by Gasteiger charge is -2.16. The van der Waals surface area contributed by atoms with Crippen molar-refractivity contribution in [3.63, 3.8) is 0 Å². The molecule has 3 heteroatoms. The molecular weight excluding hydrogens is 264 g/mol. The molecule has 1 aromatic heterocycles. The molecule has 0 saturated heterocycles. The van der Waals surface area contributed by atoms with E-state index in [4.69, 9.17) is 4.98 Å². The maximum absolute atomic E-state index is 4.71. The van der Waals surface area contributed by atoms with Crippen LogP contribution in [0.2, 0.25) is 0 Å². The number of hydrogen-bond acceptors (Lipinski definition) is 3. The van der Waals surface area contributed by atoms with Crippen molar-refractivity contribution in [1.82, 2.24) is 10.3 Å². The second kappa shape index (κ2) is 6.06. The van der Waals surface area contributed by atoms with Gasteiger partial charge in [0.15, 0.2) is 0 Å². The van der Waals surface area contributed by atoms with Crippen LogP contribution in [0.3, 0.4) is 0 Å². The Bertz CT molecular complexity index is 549. The van der Waals surface area contributed by atoms with Gasteiger partial charge in [0.1, 0.15) is 0 Å². The average molecular weight is 286 g/mol. The topological polar surface area (TPSA) is 24.9 Å². The first kappa shape index (κ1) is 13.8. The van der Waals surface area contributed by atoms with Gasteiger partial charge in [-0.15, -0.1) is 11.3 Å². The van der Waals surface area contributed by atoms with Crippen LogP contribution in [-0.4, -0.2) is 11.5 Å². The van der Waals surface area contributed by atoms with E-state index >= 15 is 0 Å². The van der Waals surface area contributed by atoms with Crippen LogP contribution in [-0.2, 0) is 0 Å². The SMILES string of the molecule is CCCNC(c1csc(C)n1)C1CC1c1ccccc1. The summed E-state index contributed by atoms with van der Waals surface area (Å²) in [6.07, 6.45) is 2.45. The van der Waals surface area contributed by atoms with Crippen LogP contribution in [0.4, 0.5) is 0 Å². The van der Waals surface area contributed by atoms with Crippen LogP contribution in [0.15, 0.2) is 35.7 Å². The molecule has 3 rings (SSSR count). The molecule has 20 heavy (non-hydrogen) atoms. The molecule has 1 aliphatic rings. The lowest BCUT2D eigenvalue weighted by molar-refractivity contribution is 0.464. The Balaban J connectivity index is 1.74. The summed E-state index contributed by atoms with van der Waals surface area (Å²) >= 11 is 1.76. The van der Waals surface area contributed by atoms with Crippen molar-refractivity contribution in [1.29, 1.82) is 0 Å². The Labute approximate surface area is 125 Å². The molecule has 1 aliphatic carbocycles. The number of aryl methyl sites for hydroxylation is 1. The molecule has 0 bridgehead atoms. The van der Waals surface area contributed by atoms with E-state index in [2.05, 4.69) is 54.9 Å². The van der Waals surface area contributed by atoms with Crippen LogP contribution in [0, 0.1) is 12.8 Å². The lowest BCUT2D eigenvalue weighted by atomic mass is 10.0. The zero-order valence-electron chi connectivity index (χ0n) is 12.2. The standard InChI is InChI=1S/C17H22N2S/c1-3-9-18-17(16-11-20-12(2)19-16)15-10-14(15)13-7-5-4-6-8-13/h4-8,11,14-15,17-18H,3,9-10H2,1-2H3. The molecule has 0 aliphatic heterocycles. The zero-order valence-corrected chi connectivity index (χ0v) is 13.0. The minimum Gasteiger partial charge on any atom is -0.308 e. The van der Waals surface area contributed by atoms with E-state index in [9.17, 15) is 0 Å². The van der Waals surface area contributed by atoms with Gasteiger partial charge in [-0.2, -0.15) is 0 Å². The number of hydrogen-bond donors (Lipinski definition) is 1. The number of thiazole rings is 1. The van der Waals surface area contributed by atoms with E-state index in [1.165, 1.54) is 29.1 Å². The summed E-state index contributed by atoms with van der Waals surface area (Å²) in [4.78, 5) is 4.71. The van der Waals surface area contributed by atoms with Gasteiger partial charge >= 0.3 is 0 Å². The highest BCUT2D eigenvalue weighted by Crippen LogP contribution is 2.53. The Morgan fingerprint density at radius 2 is 2.15 bits per heavy atom. The van der Waals surface area contributed by atoms with Gasteiger partial charge in [0, 0.05) is 5.38 Å². The summed E-state index contributed by atoms with van der Waals surface area (Å²) in [7, 11) is 0. The molecule has 3 unspecified atom stereocenters. The highest BCUT2D eigenvalue weighted by atomic mass is 32.1. The number of aromatic nitrogens is 1. The number of nitrogens with one attached hydrogen (secondary N) is 1. The minimum atomic E-state index is 0.421. The fourth-order valence-corrected chi connectivity index (χ4v) is 3.61. The van der Waals surface area contributed by atoms with Crippen molar-refractivity contribution in [2.75, 3.05) is 6.54 Å². The quantitative estimate of drug-likeness (QED) is 0.856. The van der Waals surface area contributed by atoms with Gasteiger partial charge in [-0.05, 0) is 43.7 Å². The molecule has 2 aromatic rings. The third-order valence-electron chi connectivity index (χ3n) is 4.07. The number of rotatable bonds is 6. The number of benzene rings is 1. The predicted molar refractivity (Wildman–Crippen MR) is 85.2 cm³/mol. The third kappa shape index (κ3) is 2.94. The van der Waals surface area contributed by atoms with Crippen LogP contribution in [0.1, 0.15) is 48.0 Å². The molecule has 1 N–H and O–H groups in total. The maximum atomic E-state index is 4.71. The summed E-state index contributed by atoms with van der Waals surface area (Å²) in [6, 6.07) is 11.3. The van der Waals surface area contributed by atoms with Crippen molar-refractivity contribution in [3.05, 3.63) is 52.0 Å². The van der Waals surface area contributed by atoms with Gasteiger partial charge in [0.2, 0.25) is 0 Å². The van der Waals surface area contributed by atoms with E-state index in [1.807, 2.05) is 0 Å². The first-order valence-corrected chi connectivity index (χ1v) is 8.38. The molecule has 3 atom stereocenters. The highest BCUT2D eigenvalue weighted by molar-refractivity contribution is 7.09. The summed E-state index contributed by atoms with van der Waals surface area (Å²) in [5, 5.41) is 7.10. The normalized spacial score (nSPS) is 22.7. The largest absolute Gasteiger partial charge is 0.308 e. The number of nitrogens with zero attached hydrogens (tertiary/aromatic N) is 1. The minimum absolute atomic E-state index is 0.421. The van der Waals surface area contributed by atoms with E-state index in [1.54, 1.807) is 11.3 Å². The van der Waals surface area contributed by atoms with Crippen molar-refractivity contribution < 1.29 is 0 Å². The fraction of sp³-hybridized carbons (Fsp3) is 0.471. The van der Waals surface area contributed by atoms with Crippen LogP contribution < -0.4 is 5.32 Å². The van der Waals surface area contributed by atoms with Crippen LogP contribution in [0.5, 0.6) is 0 Å². The van der Waals surface area contributed by atoms with Crippen molar-refractivity contribution in [2.45, 2.75) is 38.6 Å². The van der Waals surface area contributed by atoms with Gasteiger partial charge in [-0.1, -0.05) is 37.3 Å². The highest BCUT2D eigenvalue weighted by Gasteiger charge is 2.44. The molecule has 0 spiro atoms. The molecule has 1 aromatic carbocycles.